The molecule has 1 nitrogen and oxygen atoms in total. The molecule has 126 valence electrons. The fraction of sp³-hybridized carbons (Fsp3) is 1.00. The van der Waals surface area contributed by atoms with Crippen LogP contribution < -0.4 is 0 Å². The minimum atomic E-state index is -0.0236. The Hall–Kier alpha value is -0.0400. The van der Waals surface area contributed by atoms with Crippen LogP contribution in [-0.2, 0) is 0 Å². The second kappa shape index (κ2) is 11.5. The molecule has 4 atom stereocenters. The summed E-state index contributed by atoms with van der Waals surface area (Å²) < 4.78 is 0. The van der Waals surface area contributed by atoms with Crippen LogP contribution in [-0.4, -0.2) is 11.2 Å². The van der Waals surface area contributed by atoms with Gasteiger partial charge in [0.2, 0.25) is 0 Å². The molecule has 0 bridgehead atoms. The van der Waals surface area contributed by atoms with E-state index in [1.165, 1.54) is 77.0 Å². The Morgan fingerprint density at radius 3 is 1.95 bits per heavy atom. The third-order valence-corrected chi connectivity index (χ3v) is 5.79. The largest absolute Gasteiger partial charge is 0.393 e. The Balaban J connectivity index is 1.95. The van der Waals surface area contributed by atoms with Gasteiger partial charge in [-0.3, -0.25) is 0 Å². The van der Waals surface area contributed by atoms with Gasteiger partial charge in [0, 0.05) is 0 Å². The maximum Gasteiger partial charge on any atom is 0.0568 e. The Morgan fingerprint density at radius 2 is 1.38 bits per heavy atom. The zero-order valence-electron chi connectivity index (χ0n) is 14.9. The lowest BCUT2D eigenvalue weighted by molar-refractivity contribution is 0.0489. The SMILES string of the molecule is CCCCCCCCCCCC(O)C1CCC(C)C(C)C1. The lowest BCUT2D eigenvalue weighted by Gasteiger charge is -2.34. The summed E-state index contributed by atoms with van der Waals surface area (Å²) in [6, 6.07) is 0. The average molecular weight is 297 g/mol. The molecule has 1 aliphatic rings. The molecule has 21 heavy (non-hydrogen) atoms. The Kier molecular flexibility index (Phi) is 10.4. The summed E-state index contributed by atoms with van der Waals surface area (Å²) in [5.74, 6) is 2.26. The first-order valence-corrected chi connectivity index (χ1v) is 9.83. The van der Waals surface area contributed by atoms with Crippen molar-refractivity contribution >= 4 is 0 Å². The Labute approximate surface area is 133 Å². The molecule has 0 saturated heterocycles. The van der Waals surface area contributed by atoms with E-state index in [9.17, 15) is 5.11 Å². The van der Waals surface area contributed by atoms with Crippen LogP contribution in [0, 0.1) is 17.8 Å². The summed E-state index contributed by atoms with van der Waals surface area (Å²) in [5, 5.41) is 10.4. The van der Waals surface area contributed by atoms with Crippen LogP contribution in [0.4, 0.5) is 0 Å². The Bertz CT molecular complexity index is 238. The van der Waals surface area contributed by atoms with Gasteiger partial charge in [0.15, 0.2) is 0 Å². The zero-order chi connectivity index (χ0) is 15.5. The predicted octanol–water partition coefficient (Wildman–Crippen LogP) is 6.34. The normalized spacial score (nSPS) is 27.7. The molecule has 0 heterocycles. The number of hydrogen-bond donors (Lipinski definition) is 1. The van der Waals surface area contributed by atoms with Crippen LogP contribution in [0.25, 0.3) is 0 Å². The fourth-order valence-electron chi connectivity index (χ4n) is 3.84. The van der Waals surface area contributed by atoms with Crippen molar-refractivity contribution in [3.63, 3.8) is 0 Å². The van der Waals surface area contributed by atoms with E-state index in [0.29, 0.717) is 5.92 Å². The van der Waals surface area contributed by atoms with E-state index in [2.05, 4.69) is 20.8 Å². The Morgan fingerprint density at radius 1 is 0.810 bits per heavy atom. The first kappa shape index (κ1) is 19.0. The van der Waals surface area contributed by atoms with Crippen molar-refractivity contribution in [1.82, 2.24) is 0 Å². The van der Waals surface area contributed by atoms with Gasteiger partial charge in [-0.1, -0.05) is 85.0 Å². The molecule has 0 aliphatic heterocycles. The van der Waals surface area contributed by atoms with Gasteiger partial charge in [-0.15, -0.1) is 0 Å². The molecule has 0 aromatic heterocycles. The second-order valence-electron chi connectivity index (χ2n) is 7.71. The smallest absolute Gasteiger partial charge is 0.0568 e. The topological polar surface area (TPSA) is 20.2 Å². The van der Waals surface area contributed by atoms with Crippen molar-refractivity contribution in [3.8, 4) is 0 Å². The molecule has 0 spiro atoms. The standard InChI is InChI=1S/C20H40O/c1-4-5-6-7-8-9-10-11-12-13-20(21)19-15-14-17(2)18(3)16-19/h17-21H,4-16H2,1-3H3. The van der Waals surface area contributed by atoms with Crippen LogP contribution in [0.15, 0.2) is 0 Å². The van der Waals surface area contributed by atoms with Crippen LogP contribution in [0.2, 0.25) is 0 Å². The van der Waals surface area contributed by atoms with Gasteiger partial charge in [0.25, 0.3) is 0 Å². The number of aliphatic hydroxyl groups excluding tert-OH is 1. The average Bonchev–Trinajstić information content (AvgIpc) is 2.48. The lowest BCUT2D eigenvalue weighted by Crippen LogP contribution is -2.29. The van der Waals surface area contributed by atoms with Crippen LogP contribution in [0.3, 0.4) is 0 Å². The quantitative estimate of drug-likeness (QED) is 0.441. The highest BCUT2D eigenvalue weighted by molar-refractivity contribution is 4.79. The monoisotopic (exact) mass is 296 g/mol. The molecular formula is C20H40O. The summed E-state index contributed by atoms with van der Waals surface area (Å²) in [6.45, 7) is 7.01. The molecule has 1 heteroatoms. The first-order valence-electron chi connectivity index (χ1n) is 9.83. The van der Waals surface area contributed by atoms with Gasteiger partial charge >= 0.3 is 0 Å². The summed E-state index contributed by atoms with van der Waals surface area (Å²) in [6.07, 6.45) is 17.2. The van der Waals surface area contributed by atoms with E-state index in [4.69, 9.17) is 0 Å². The number of rotatable bonds is 11. The van der Waals surface area contributed by atoms with E-state index >= 15 is 0 Å². The molecule has 0 aromatic rings. The molecule has 1 rings (SSSR count). The summed E-state index contributed by atoms with van der Waals surface area (Å²) in [4.78, 5) is 0. The second-order valence-corrected chi connectivity index (χ2v) is 7.71. The molecule has 4 unspecified atom stereocenters. The third kappa shape index (κ3) is 8.24. The fourth-order valence-corrected chi connectivity index (χ4v) is 3.84. The van der Waals surface area contributed by atoms with E-state index in [1.807, 2.05) is 0 Å². The molecule has 0 radical (unpaired) electrons. The van der Waals surface area contributed by atoms with E-state index < -0.39 is 0 Å². The lowest BCUT2D eigenvalue weighted by atomic mass is 9.73. The van der Waals surface area contributed by atoms with E-state index in [-0.39, 0.29) is 6.10 Å². The maximum absolute atomic E-state index is 10.4. The number of unbranched alkanes of at least 4 members (excludes halogenated alkanes) is 8. The van der Waals surface area contributed by atoms with Crippen molar-refractivity contribution in [2.24, 2.45) is 17.8 Å². The molecule has 1 N–H and O–H groups in total. The number of aliphatic hydroxyl groups is 1. The van der Waals surface area contributed by atoms with Gasteiger partial charge in [0.05, 0.1) is 6.10 Å². The highest BCUT2D eigenvalue weighted by Crippen LogP contribution is 2.36. The minimum absolute atomic E-state index is 0.0236. The van der Waals surface area contributed by atoms with Gasteiger partial charge in [0.1, 0.15) is 0 Å². The van der Waals surface area contributed by atoms with Gasteiger partial charge in [-0.25, -0.2) is 0 Å². The van der Waals surface area contributed by atoms with Crippen molar-refractivity contribution in [1.29, 1.82) is 0 Å². The molecular weight excluding hydrogens is 256 g/mol. The van der Waals surface area contributed by atoms with Crippen molar-refractivity contribution in [3.05, 3.63) is 0 Å². The van der Waals surface area contributed by atoms with E-state index in [1.54, 1.807) is 0 Å². The van der Waals surface area contributed by atoms with E-state index in [0.717, 1.165) is 18.3 Å². The molecule has 1 aliphatic carbocycles. The summed E-state index contributed by atoms with van der Waals surface area (Å²) in [7, 11) is 0. The predicted molar refractivity (Wildman–Crippen MR) is 93.5 cm³/mol. The molecule has 1 fully saturated rings. The minimum Gasteiger partial charge on any atom is -0.393 e. The first-order chi connectivity index (χ1) is 10.1. The van der Waals surface area contributed by atoms with Gasteiger partial charge < -0.3 is 5.11 Å². The van der Waals surface area contributed by atoms with Crippen LogP contribution in [0.5, 0.6) is 0 Å². The third-order valence-electron chi connectivity index (χ3n) is 5.79. The summed E-state index contributed by atoms with van der Waals surface area (Å²) >= 11 is 0. The van der Waals surface area contributed by atoms with Gasteiger partial charge in [-0.2, -0.15) is 0 Å². The maximum atomic E-state index is 10.4. The molecule has 0 amide bonds. The van der Waals surface area contributed by atoms with Crippen LogP contribution in [0.1, 0.15) is 104 Å². The zero-order valence-corrected chi connectivity index (χ0v) is 14.9. The molecule has 0 aromatic carbocycles. The van der Waals surface area contributed by atoms with Gasteiger partial charge in [-0.05, 0) is 37.0 Å². The highest BCUT2D eigenvalue weighted by atomic mass is 16.3. The van der Waals surface area contributed by atoms with Crippen molar-refractivity contribution in [2.75, 3.05) is 0 Å². The van der Waals surface area contributed by atoms with Crippen molar-refractivity contribution in [2.45, 2.75) is 110 Å². The van der Waals surface area contributed by atoms with Crippen LogP contribution >= 0.6 is 0 Å². The summed E-state index contributed by atoms with van der Waals surface area (Å²) in [5.41, 5.74) is 0. The van der Waals surface area contributed by atoms with Crippen molar-refractivity contribution < 1.29 is 5.11 Å². The highest BCUT2D eigenvalue weighted by Gasteiger charge is 2.28. The number of hydrogen-bond acceptors (Lipinski definition) is 1. The molecule has 1 saturated carbocycles.